The topological polar surface area (TPSA) is 38.5 Å². The Balaban J connectivity index is 1.98. The van der Waals surface area contributed by atoms with Gasteiger partial charge in [0.05, 0.1) is 6.73 Å². The molecule has 0 aromatic carbocycles. The van der Waals surface area contributed by atoms with E-state index in [1.165, 1.54) is 25.9 Å². The standard InChI is InChI=1S/C6H14N2O/c7-5-9-6-8-3-1-2-4-8/h1-7H2. The van der Waals surface area contributed by atoms with E-state index in [4.69, 9.17) is 10.5 Å². The van der Waals surface area contributed by atoms with Crippen LogP contribution in [0.15, 0.2) is 0 Å². The predicted molar refractivity (Wildman–Crippen MR) is 35.8 cm³/mol. The highest BCUT2D eigenvalue weighted by molar-refractivity contribution is 4.61. The first-order valence-corrected chi connectivity index (χ1v) is 3.43. The summed E-state index contributed by atoms with van der Waals surface area (Å²) < 4.78 is 5.02. The average molecular weight is 130 g/mol. The molecule has 9 heavy (non-hydrogen) atoms. The van der Waals surface area contributed by atoms with Gasteiger partial charge in [-0.1, -0.05) is 0 Å². The molecule has 0 atom stereocenters. The Kier molecular flexibility index (Phi) is 2.97. The average Bonchev–Trinajstić information content (AvgIpc) is 2.34. The van der Waals surface area contributed by atoms with E-state index in [0.29, 0.717) is 6.73 Å². The number of nitrogens with zero attached hydrogens (tertiary/aromatic N) is 1. The maximum atomic E-state index is 5.16. The fourth-order valence-electron chi connectivity index (χ4n) is 1.09. The smallest absolute Gasteiger partial charge is 0.101 e. The van der Waals surface area contributed by atoms with Crippen LogP contribution in [0.5, 0.6) is 0 Å². The van der Waals surface area contributed by atoms with Gasteiger partial charge >= 0.3 is 0 Å². The lowest BCUT2D eigenvalue weighted by Gasteiger charge is -2.12. The zero-order valence-electron chi connectivity index (χ0n) is 5.68. The highest BCUT2D eigenvalue weighted by Crippen LogP contribution is 2.05. The minimum absolute atomic E-state index is 0.344. The molecule has 0 unspecified atom stereocenters. The lowest BCUT2D eigenvalue weighted by Crippen LogP contribution is -2.24. The quantitative estimate of drug-likeness (QED) is 0.545. The zero-order chi connectivity index (χ0) is 6.53. The largest absolute Gasteiger partial charge is 0.351 e. The van der Waals surface area contributed by atoms with Crippen molar-refractivity contribution >= 4 is 0 Å². The SMILES string of the molecule is NCOCN1CCCC1. The normalized spacial score (nSPS) is 21.0. The molecule has 1 aliphatic rings. The molecule has 1 aliphatic heterocycles. The molecular formula is C6H14N2O. The van der Waals surface area contributed by atoms with Gasteiger partial charge in [0.25, 0.3) is 0 Å². The number of hydrogen-bond donors (Lipinski definition) is 1. The van der Waals surface area contributed by atoms with Gasteiger partial charge in [-0.15, -0.1) is 0 Å². The lowest BCUT2D eigenvalue weighted by molar-refractivity contribution is 0.0456. The molecule has 54 valence electrons. The third-order valence-corrected chi connectivity index (χ3v) is 1.59. The number of ether oxygens (including phenoxy) is 1. The van der Waals surface area contributed by atoms with E-state index in [-0.39, 0.29) is 0 Å². The second-order valence-electron chi connectivity index (χ2n) is 2.33. The van der Waals surface area contributed by atoms with Crippen molar-refractivity contribution in [3.8, 4) is 0 Å². The summed E-state index contributed by atoms with van der Waals surface area (Å²) in [4.78, 5) is 2.27. The van der Waals surface area contributed by atoms with Crippen LogP contribution in [-0.4, -0.2) is 31.5 Å². The van der Waals surface area contributed by atoms with E-state index < -0.39 is 0 Å². The molecule has 1 saturated heterocycles. The van der Waals surface area contributed by atoms with E-state index >= 15 is 0 Å². The van der Waals surface area contributed by atoms with Crippen molar-refractivity contribution in [2.24, 2.45) is 5.73 Å². The first-order chi connectivity index (χ1) is 4.43. The Morgan fingerprint density at radius 3 is 2.56 bits per heavy atom. The van der Waals surface area contributed by atoms with Crippen molar-refractivity contribution in [3.05, 3.63) is 0 Å². The fraction of sp³-hybridized carbons (Fsp3) is 1.00. The predicted octanol–water partition coefficient (Wildman–Crippen LogP) is -0.0275. The zero-order valence-corrected chi connectivity index (χ0v) is 5.68. The number of nitrogens with two attached hydrogens (primary N) is 1. The first-order valence-electron chi connectivity index (χ1n) is 3.43. The highest BCUT2D eigenvalue weighted by Gasteiger charge is 2.09. The van der Waals surface area contributed by atoms with Crippen molar-refractivity contribution in [2.45, 2.75) is 12.8 Å². The summed E-state index contributed by atoms with van der Waals surface area (Å²) in [5, 5.41) is 0. The van der Waals surface area contributed by atoms with Gasteiger partial charge < -0.3 is 10.5 Å². The van der Waals surface area contributed by atoms with E-state index in [2.05, 4.69) is 4.90 Å². The molecule has 2 N–H and O–H groups in total. The highest BCUT2D eigenvalue weighted by atomic mass is 16.5. The lowest BCUT2D eigenvalue weighted by atomic mass is 10.4. The second-order valence-corrected chi connectivity index (χ2v) is 2.33. The Morgan fingerprint density at radius 1 is 1.33 bits per heavy atom. The summed E-state index contributed by atoms with van der Waals surface area (Å²) in [5.74, 6) is 0. The van der Waals surface area contributed by atoms with Crippen molar-refractivity contribution in [2.75, 3.05) is 26.6 Å². The number of rotatable bonds is 3. The third kappa shape index (κ3) is 2.30. The summed E-state index contributed by atoms with van der Waals surface area (Å²) in [7, 11) is 0. The Bertz CT molecular complexity index is 71.5. The second kappa shape index (κ2) is 3.82. The minimum atomic E-state index is 0.344. The van der Waals surface area contributed by atoms with Gasteiger partial charge in [0.1, 0.15) is 6.73 Å². The Morgan fingerprint density at radius 2 is 2.00 bits per heavy atom. The van der Waals surface area contributed by atoms with Gasteiger partial charge in [-0.05, 0) is 12.8 Å². The Hall–Kier alpha value is -0.120. The van der Waals surface area contributed by atoms with Gasteiger partial charge in [0.15, 0.2) is 0 Å². The molecule has 0 bridgehead atoms. The molecule has 1 heterocycles. The fourth-order valence-corrected chi connectivity index (χ4v) is 1.09. The summed E-state index contributed by atoms with van der Waals surface area (Å²) >= 11 is 0. The minimum Gasteiger partial charge on any atom is -0.351 e. The monoisotopic (exact) mass is 130 g/mol. The molecule has 3 heteroatoms. The summed E-state index contributed by atoms with van der Waals surface area (Å²) in [6, 6.07) is 0. The summed E-state index contributed by atoms with van der Waals surface area (Å²) in [6.07, 6.45) is 2.63. The first kappa shape index (κ1) is 6.99. The number of likely N-dealkylation sites (tertiary alicyclic amines) is 1. The van der Waals surface area contributed by atoms with E-state index in [1.54, 1.807) is 0 Å². The van der Waals surface area contributed by atoms with Crippen LogP contribution in [0.25, 0.3) is 0 Å². The van der Waals surface area contributed by atoms with Crippen LogP contribution in [0.3, 0.4) is 0 Å². The van der Waals surface area contributed by atoms with E-state index in [9.17, 15) is 0 Å². The molecule has 0 amide bonds. The Labute approximate surface area is 55.8 Å². The molecule has 0 aromatic heterocycles. The van der Waals surface area contributed by atoms with Crippen molar-refractivity contribution < 1.29 is 4.74 Å². The maximum absolute atomic E-state index is 5.16. The van der Waals surface area contributed by atoms with Gasteiger partial charge in [0, 0.05) is 13.1 Å². The van der Waals surface area contributed by atoms with Crippen LogP contribution in [0.2, 0.25) is 0 Å². The van der Waals surface area contributed by atoms with Crippen LogP contribution in [0.1, 0.15) is 12.8 Å². The van der Waals surface area contributed by atoms with Gasteiger partial charge in [-0.2, -0.15) is 0 Å². The van der Waals surface area contributed by atoms with Gasteiger partial charge in [0.2, 0.25) is 0 Å². The molecule has 0 aromatic rings. The maximum Gasteiger partial charge on any atom is 0.101 e. The van der Waals surface area contributed by atoms with Crippen LogP contribution < -0.4 is 5.73 Å². The molecule has 0 radical (unpaired) electrons. The van der Waals surface area contributed by atoms with Crippen LogP contribution in [0.4, 0.5) is 0 Å². The number of hydrogen-bond acceptors (Lipinski definition) is 3. The molecule has 0 saturated carbocycles. The van der Waals surface area contributed by atoms with Crippen LogP contribution >= 0.6 is 0 Å². The third-order valence-electron chi connectivity index (χ3n) is 1.59. The van der Waals surface area contributed by atoms with Crippen molar-refractivity contribution in [1.82, 2.24) is 4.90 Å². The summed E-state index contributed by atoms with van der Waals surface area (Å²) in [5.41, 5.74) is 5.16. The van der Waals surface area contributed by atoms with Crippen molar-refractivity contribution in [1.29, 1.82) is 0 Å². The molecule has 1 fully saturated rings. The van der Waals surface area contributed by atoms with Crippen LogP contribution in [-0.2, 0) is 4.74 Å². The van der Waals surface area contributed by atoms with E-state index in [0.717, 1.165) is 6.73 Å². The van der Waals surface area contributed by atoms with Crippen LogP contribution in [0, 0.1) is 0 Å². The van der Waals surface area contributed by atoms with Crippen molar-refractivity contribution in [3.63, 3.8) is 0 Å². The van der Waals surface area contributed by atoms with Gasteiger partial charge in [-0.3, -0.25) is 4.90 Å². The molecule has 0 aliphatic carbocycles. The van der Waals surface area contributed by atoms with E-state index in [1.807, 2.05) is 0 Å². The van der Waals surface area contributed by atoms with Gasteiger partial charge in [-0.25, -0.2) is 0 Å². The molecule has 1 rings (SSSR count). The molecule has 0 spiro atoms. The summed E-state index contributed by atoms with van der Waals surface area (Å²) in [6.45, 7) is 3.42. The molecular weight excluding hydrogens is 116 g/mol. The molecule has 3 nitrogen and oxygen atoms in total.